The van der Waals surface area contributed by atoms with Gasteiger partial charge in [-0.15, -0.1) is 0 Å². The summed E-state index contributed by atoms with van der Waals surface area (Å²) in [6.07, 6.45) is 4.91. The predicted octanol–water partition coefficient (Wildman–Crippen LogP) is 2.93. The highest BCUT2D eigenvalue weighted by molar-refractivity contribution is 5.51. The van der Waals surface area contributed by atoms with Crippen molar-refractivity contribution in [3.8, 4) is 5.75 Å². The number of benzene rings is 1. The molecule has 2 N–H and O–H groups in total. The van der Waals surface area contributed by atoms with Crippen molar-refractivity contribution < 1.29 is 9.50 Å². The van der Waals surface area contributed by atoms with E-state index in [0.29, 0.717) is 0 Å². The van der Waals surface area contributed by atoms with Gasteiger partial charge in [-0.2, -0.15) is 0 Å². The first kappa shape index (κ1) is 12.7. The number of hydrogen-bond donors (Lipinski definition) is 2. The number of aromatic hydroxyl groups is 1. The van der Waals surface area contributed by atoms with Crippen LogP contribution in [-0.2, 0) is 0 Å². The van der Waals surface area contributed by atoms with Gasteiger partial charge in [0, 0.05) is 6.04 Å². The largest absolute Gasteiger partial charge is 0.505 e. The van der Waals surface area contributed by atoms with E-state index >= 15 is 0 Å². The molecule has 1 rings (SSSR count). The third kappa shape index (κ3) is 4.03. The summed E-state index contributed by atoms with van der Waals surface area (Å²) < 4.78 is 13.0. The molecule has 0 fully saturated rings. The smallest absolute Gasteiger partial charge is 0.165 e. The van der Waals surface area contributed by atoms with E-state index in [9.17, 15) is 4.39 Å². The monoisotopic (exact) mass is 223 g/mol. The molecule has 0 aromatic heterocycles. The minimum atomic E-state index is -0.587. The maximum atomic E-state index is 13.0. The zero-order valence-corrected chi connectivity index (χ0v) is 9.70. The van der Waals surface area contributed by atoms with Gasteiger partial charge in [-0.3, -0.25) is 0 Å². The Bertz CT molecular complexity index is 363. The second-order valence-electron chi connectivity index (χ2n) is 3.81. The molecule has 0 amide bonds. The van der Waals surface area contributed by atoms with Crippen molar-refractivity contribution in [1.82, 2.24) is 5.32 Å². The van der Waals surface area contributed by atoms with Gasteiger partial charge in [0.05, 0.1) is 0 Å². The van der Waals surface area contributed by atoms with Crippen molar-refractivity contribution in [3.63, 3.8) is 0 Å². The number of phenols is 1. The fourth-order valence-electron chi connectivity index (χ4n) is 1.32. The molecule has 0 spiro atoms. The van der Waals surface area contributed by atoms with Crippen LogP contribution in [0.2, 0.25) is 0 Å². The van der Waals surface area contributed by atoms with Gasteiger partial charge < -0.3 is 10.4 Å². The molecule has 1 aromatic carbocycles. The molecule has 2 nitrogen and oxygen atoms in total. The Morgan fingerprint density at radius 2 is 2.25 bits per heavy atom. The van der Waals surface area contributed by atoms with E-state index in [0.717, 1.165) is 18.5 Å². The molecule has 0 saturated carbocycles. The first-order chi connectivity index (χ1) is 7.63. The third-order valence-electron chi connectivity index (χ3n) is 2.27. The molecule has 1 atom stereocenters. The minimum absolute atomic E-state index is 0.261. The SMILES string of the molecule is CCCNC(C)/C=C/c1ccc(O)c(F)c1. The quantitative estimate of drug-likeness (QED) is 0.804. The number of halogens is 1. The van der Waals surface area contributed by atoms with Crippen LogP contribution in [0.1, 0.15) is 25.8 Å². The lowest BCUT2D eigenvalue weighted by Gasteiger charge is -2.07. The molecule has 0 aliphatic heterocycles. The average molecular weight is 223 g/mol. The van der Waals surface area contributed by atoms with Crippen LogP contribution in [-0.4, -0.2) is 17.7 Å². The van der Waals surface area contributed by atoms with Gasteiger partial charge in [-0.05, 0) is 37.6 Å². The Balaban J connectivity index is 2.58. The first-order valence-electron chi connectivity index (χ1n) is 5.53. The third-order valence-corrected chi connectivity index (χ3v) is 2.27. The molecule has 88 valence electrons. The Hall–Kier alpha value is -1.35. The van der Waals surface area contributed by atoms with Crippen LogP contribution in [0, 0.1) is 5.82 Å². The van der Waals surface area contributed by atoms with Gasteiger partial charge in [0.15, 0.2) is 11.6 Å². The van der Waals surface area contributed by atoms with Gasteiger partial charge in [0.1, 0.15) is 0 Å². The fraction of sp³-hybridized carbons (Fsp3) is 0.385. The number of phenolic OH excluding ortho intramolecular Hbond substituents is 1. The Morgan fingerprint density at radius 3 is 2.88 bits per heavy atom. The lowest BCUT2D eigenvalue weighted by molar-refractivity contribution is 0.432. The second kappa shape index (κ2) is 6.28. The van der Waals surface area contributed by atoms with Gasteiger partial charge in [0.2, 0.25) is 0 Å². The molecule has 0 aliphatic carbocycles. The molecular formula is C13H18FNO. The summed E-state index contributed by atoms with van der Waals surface area (Å²) >= 11 is 0. The van der Waals surface area contributed by atoms with Crippen LogP contribution in [0.15, 0.2) is 24.3 Å². The van der Waals surface area contributed by atoms with Crippen LogP contribution < -0.4 is 5.32 Å². The summed E-state index contributed by atoms with van der Waals surface area (Å²) in [6, 6.07) is 4.62. The molecule has 1 aromatic rings. The van der Waals surface area contributed by atoms with E-state index in [1.807, 2.05) is 19.1 Å². The van der Waals surface area contributed by atoms with Crippen molar-refractivity contribution in [2.24, 2.45) is 0 Å². The maximum Gasteiger partial charge on any atom is 0.165 e. The molecule has 0 aliphatic rings. The summed E-state index contributed by atoms with van der Waals surface area (Å²) in [5, 5.41) is 12.3. The van der Waals surface area contributed by atoms with E-state index in [-0.39, 0.29) is 11.8 Å². The summed E-state index contributed by atoms with van der Waals surface area (Å²) in [4.78, 5) is 0. The van der Waals surface area contributed by atoms with Gasteiger partial charge in [0.25, 0.3) is 0 Å². The van der Waals surface area contributed by atoms with Crippen molar-refractivity contribution >= 4 is 6.08 Å². The Kier molecular flexibility index (Phi) is 4.99. The molecule has 16 heavy (non-hydrogen) atoms. The standard InChI is InChI=1S/C13H18FNO/c1-3-8-15-10(2)4-5-11-6-7-13(16)12(14)9-11/h4-7,9-10,15-16H,3,8H2,1-2H3/b5-4+. The Labute approximate surface area is 95.8 Å². The molecule has 0 heterocycles. The molecule has 0 saturated heterocycles. The molecule has 3 heteroatoms. The number of nitrogens with one attached hydrogen (secondary N) is 1. The van der Waals surface area contributed by atoms with Gasteiger partial charge >= 0.3 is 0 Å². The summed E-state index contributed by atoms with van der Waals surface area (Å²) in [6.45, 7) is 5.12. The highest BCUT2D eigenvalue weighted by atomic mass is 19.1. The summed E-state index contributed by atoms with van der Waals surface area (Å²) in [7, 11) is 0. The summed E-state index contributed by atoms with van der Waals surface area (Å²) in [5.74, 6) is -0.898. The van der Waals surface area contributed by atoms with E-state index in [1.165, 1.54) is 12.1 Å². The summed E-state index contributed by atoms with van der Waals surface area (Å²) in [5.41, 5.74) is 0.750. The molecule has 0 bridgehead atoms. The van der Waals surface area contributed by atoms with Crippen LogP contribution in [0.3, 0.4) is 0 Å². The minimum Gasteiger partial charge on any atom is -0.505 e. The zero-order chi connectivity index (χ0) is 12.0. The fourth-order valence-corrected chi connectivity index (χ4v) is 1.32. The zero-order valence-electron chi connectivity index (χ0n) is 9.70. The lowest BCUT2D eigenvalue weighted by atomic mass is 10.1. The van der Waals surface area contributed by atoms with Crippen LogP contribution >= 0.6 is 0 Å². The topological polar surface area (TPSA) is 32.3 Å². The van der Waals surface area contributed by atoms with E-state index in [1.54, 1.807) is 6.07 Å². The van der Waals surface area contributed by atoms with Gasteiger partial charge in [-0.25, -0.2) is 4.39 Å². The van der Waals surface area contributed by atoms with E-state index in [2.05, 4.69) is 12.2 Å². The average Bonchev–Trinajstić information content (AvgIpc) is 2.28. The highest BCUT2D eigenvalue weighted by Gasteiger charge is 1.99. The number of hydrogen-bond acceptors (Lipinski definition) is 2. The molecular weight excluding hydrogens is 205 g/mol. The van der Waals surface area contributed by atoms with Crippen LogP contribution in [0.25, 0.3) is 6.08 Å². The molecule has 1 unspecified atom stereocenters. The number of rotatable bonds is 5. The van der Waals surface area contributed by atoms with Crippen molar-refractivity contribution in [2.45, 2.75) is 26.3 Å². The first-order valence-corrected chi connectivity index (χ1v) is 5.53. The van der Waals surface area contributed by atoms with Crippen molar-refractivity contribution in [2.75, 3.05) is 6.54 Å². The molecule has 0 radical (unpaired) electrons. The van der Waals surface area contributed by atoms with E-state index < -0.39 is 5.82 Å². The predicted molar refractivity (Wildman–Crippen MR) is 64.9 cm³/mol. The maximum absolute atomic E-state index is 13.0. The van der Waals surface area contributed by atoms with Gasteiger partial charge in [-0.1, -0.05) is 25.1 Å². The van der Waals surface area contributed by atoms with Crippen LogP contribution in [0.5, 0.6) is 5.75 Å². The highest BCUT2D eigenvalue weighted by Crippen LogP contribution is 2.16. The van der Waals surface area contributed by atoms with Crippen molar-refractivity contribution in [3.05, 3.63) is 35.7 Å². The lowest BCUT2D eigenvalue weighted by Crippen LogP contribution is -2.24. The normalized spacial score (nSPS) is 13.2. The van der Waals surface area contributed by atoms with Crippen molar-refractivity contribution in [1.29, 1.82) is 0 Å². The second-order valence-corrected chi connectivity index (χ2v) is 3.81. The van der Waals surface area contributed by atoms with E-state index in [4.69, 9.17) is 5.11 Å². The Morgan fingerprint density at radius 1 is 1.50 bits per heavy atom. The van der Waals surface area contributed by atoms with Crippen LogP contribution in [0.4, 0.5) is 4.39 Å².